The maximum absolute atomic E-state index is 13.9. The molecule has 0 bridgehead atoms. The van der Waals surface area contributed by atoms with Crippen molar-refractivity contribution in [3.05, 3.63) is 47.8 Å². The van der Waals surface area contributed by atoms with Crippen LogP contribution in [0.15, 0.2) is 36.7 Å². The molecule has 2 fully saturated rings. The van der Waals surface area contributed by atoms with E-state index in [1.54, 1.807) is 4.52 Å². The molecule has 198 valence electrons. The van der Waals surface area contributed by atoms with Crippen LogP contribution in [0.3, 0.4) is 0 Å². The van der Waals surface area contributed by atoms with Gasteiger partial charge in [-0.1, -0.05) is 13.0 Å². The Bertz CT molecular complexity index is 1240. The lowest BCUT2D eigenvalue weighted by Gasteiger charge is -2.34. The Hall–Kier alpha value is -3.45. The zero-order valence-corrected chi connectivity index (χ0v) is 20.6. The molecule has 10 nitrogen and oxygen atoms in total. The standard InChI is InChI=1S/C24H30F3N9O/c1-2-33-9-11-34(12-10-33)14-17-3-4-18(13-20(17)24(25,26)27)29-23(37)30-19-7-8-35(15-19)22-6-5-21-31-28-16-36(21)32-22/h3-6,13,16,19H,2,7-12,14-15H2,1H3,(H2,29,30,37)/t19-/m0/s1. The largest absolute Gasteiger partial charge is 0.416 e. The van der Waals surface area contributed by atoms with Crippen LogP contribution in [0.5, 0.6) is 0 Å². The van der Waals surface area contributed by atoms with E-state index < -0.39 is 17.8 Å². The average Bonchev–Trinajstić information content (AvgIpc) is 3.54. The van der Waals surface area contributed by atoms with Gasteiger partial charge in [0.1, 0.15) is 12.1 Å². The molecule has 13 heteroatoms. The highest BCUT2D eigenvalue weighted by Gasteiger charge is 2.34. The third-order valence-electron chi connectivity index (χ3n) is 6.97. The minimum atomic E-state index is -4.51. The van der Waals surface area contributed by atoms with Crippen molar-refractivity contribution in [2.45, 2.75) is 32.1 Å². The number of hydrogen-bond acceptors (Lipinski definition) is 7. The highest BCUT2D eigenvalue weighted by Crippen LogP contribution is 2.34. The summed E-state index contributed by atoms with van der Waals surface area (Å²) in [6, 6.07) is 6.98. The molecular weight excluding hydrogens is 487 g/mol. The molecule has 0 radical (unpaired) electrons. The highest BCUT2D eigenvalue weighted by molar-refractivity contribution is 5.89. The molecule has 4 heterocycles. The van der Waals surface area contributed by atoms with Gasteiger partial charge in [0.15, 0.2) is 5.65 Å². The lowest BCUT2D eigenvalue weighted by Crippen LogP contribution is -2.45. The van der Waals surface area contributed by atoms with Crippen molar-refractivity contribution in [1.29, 1.82) is 0 Å². The SMILES string of the molecule is CCN1CCN(Cc2ccc(NC(=O)N[C@H]3CCN(c4ccc5nncn5n4)C3)cc2C(F)(F)F)CC1. The van der Waals surface area contributed by atoms with Crippen molar-refractivity contribution in [1.82, 2.24) is 34.9 Å². The lowest BCUT2D eigenvalue weighted by molar-refractivity contribution is -0.138. The summed E-state index contributed by atoms with van der Waals surface area (Å²) in [5, 5.41) is 17.7. The van der Waals surface area contributed by atoms with Crippen molar-refractivity contribution in [3.63, 3.8) is 0 Å². The summed E-state index contributed by atoms with van der Waals surface area (Å²) >= 11 is 0. The minimum absolute atomic E-state index is 0.110. The maximum atomic E-state index is 13.9. The van der Waals surface area contributed by atoms with Gasteiger partial charge < -0.3 is 20.4 Å². The molecule has 5 rings (SSSR count). The molecule has 0 aliphatic carbocycles. The number of urea groups is 1. The molecule has 2 aromatic heterocycles. The smallest absolute Gasteiger partial charge is 0.353 e. The van der Waals surface area contributed by atoms with E-state index in [2.05, 4.69) is 37.8 Å². The number of anilines is 2. The number of aromatic nitrogens is 4. The monoisotopic (exact) mass is 517 g/mol. The molecule has 37 heavy (non-hydrogen) atoms. The summed E-state index contributed by atoms with van der Waals surface area (Å²) < 4.78 is 43.2. The van der Waals surface area contributed by atoms with E-state index >= 15 is 0 Å². The zero-order chi connectivity index (χ0) is 26.0. The van der Waals surface area contributed by atoms with Crippen molar-refractivity contribution < 1.29 is 18.0 Å². The second-order valence-corrected chi connectivity index (χ2v) is 9.44. The molecule has 1 aromatic carbocycles. The molecule has 3 aromatic rings. The Labute approximate surface area is 212 Å². The van der Waals surface area contributed by atoms with E-state index in [1.165, 1.54) is 18.5 Å². The Morgan fingerprint density at radius 3 is 2.62 bits per heavy atom. The van der Waals surface area contributed by atoms with Gasteiger partial charge in [-0.05, 0) is 42.8 Å². The number of fused-ring (bicyclic) bond motifs is 1. The number of rotatable bonds is 6. The van der Waals surface area contributed by atoms with Gasteiger partial charge in [-0.3, -0.25) is 4.90 Å². The third-order valence-corrected chi connectivity index (χ3v) is 6.97. The molecule has 0 saturated carbocycles. The van der Waals surface area contributed by atoms with Crippen molar-refractivity contribution in [2.75, 3.05) is 56.0 Å². The molecule has 0 spiro atoms. The van der Waals surface area contributed by atoms with E-state index in [9.17, 15) is 18.0 Å². The van der Waals surface area contributed by atoms with Crippen LogP contribution in [0.25, 0.3) is 5.65 Å². The van der Waals surface area contributed by atoms with E-state index in [0.717, 1.165) is 44.6 Å². The van der Waals surface area contributed by atoms with E-state index in [4.69, 9.17) is 0 Å². The van der Waals surface area contributed by atoms with Crippen LogP contribution in [-0.2, 0) is 12.7 Å². The van der Waals surface area contributed by atoms with Crippen molar-refractivity contribution >= 4 is 23.2 Å². The van der Waals surface area contributed by atoms with E-state index in [-0.39, 0.29) is 23.8 Å². The number of piperazine rings is 1. The Balaban J connectivity index is 1.19. The average molecular weight is 518 g/mol. The number of nitrogens with one attached hydrogen (secondary N) is 2. The van der Waals surface area contributed by atoms with Gasteiger partial charge in [0.25, 0.3) is 0 Å². The molecule has 2 aliphatic rings. The predicted octanol–water partition coefficient (Wildman–Crippen LogP) is 2.68. The molecule has 2 aliphatic heterocycles. The quantitative estimate of drug-likeness (QED) is 0.519. The van der Waals surface area contributed by atoms with Crippen LogP contribution in [0, 0.1) is 0 Å². The lowest BCUT2D eigenvalue weighted by atomic mass is 10.0. The zero-order valence-electron chi connectivity index (χ0n) is 20.6. The Kier molecular flexibility index (Phi) is 7.15. The molecular formula is C24H30F3N9O. The Morgan fingerprint density at radius 2 is 1.86 bits per heavy atom. The fraction of sp³-hybridized carbons (Fsp3) is 0.500. The first kappa shape index (κ1) is 25.2. The predicted molar refractivity (Wildman–Crippen MR) is 132 cm³/mol. The summed E-state index contributed by atoms with van der Waals surface area (Å²) in [7, 11) is 0. The third kappa shape index (κ3) is 5.93. The number of amides is 2. The first-order valence-electron chi connectivity index (χ1n) is 12.4. The van der Waals surface area contributed by atoms with Crippen LogP contribution < -0.4 is 15.5 Å². The van der Waals surface area contributed by atoms with Crippen molar-refractivity contribution in [2.24, 2.45) is 0 Å². The van der Waals surface area contributed by atoms with Gasteiger partial charge >= 0.3 is 12.2 Å². The molecule has 2 N–H and O–H groups in total. The second kappa shape index (κ2) is 10.5. The maximum Gasteiger partial charge on any atom is 0.416 e. The molecule has 2 saturated heterocycles. The van der Waals surface area contributed by atoms with Gasteiger partial charge in [0.05, 0.1) is 5.56 Å². The fourth-order valence-electron chi connectivity index (χ4n) is 4.89. The highest BCUT2D eigenvalue weighted by atomic mass is 19.4. The number of carbonyl (C=O) groups excluding carboxylic acids is 1. The van der Waals surface area contributed by atoms with Crippen molar-refractivity contribution in [3.8, 4) is 0 Å². The second-order valence-electron chi connectivity index (χ2n) is 9.44. The van der Waals surface area contributed by atoms with Crippen LogP contribution in [0.4, 0.5) is 29.5 Å². The van der Waals surface area contributed by atoms with Crippen LogP contribution in [0.1, 0.15) is 24.5 Å². The van der Waals surface area contributed by atoms with Gasteiger partial charge in [-0.2, -0.15) is 17.7 Å². The van der Waals surface area contributed by atoms with E-state index in [1.807, 2.05) is 21.9 Å². The molecule has 2 amide bonds. The van der Waals surface area contributed by atoms with Gasteiger partial charge in [-0.25, -0.2) is 4.79 Å². The number of halogens is 3. The number of carbonyl (C=O) groups is 1. The first-order chi connectivity index (χ1) is 17.8. The van der Waals surface area contributed by atoms with Crippen LogP contribution in [0.2, 0.25) is 0 Å². The van der Waals surface area contributed by atoms with E-state index in [0.29, 0.717) is 25.2 Å². The number of alkyl halides is 3. The summed E-state index contributed by atoms with van der Waals surface area (Å²) in [6.07, 6.45) is -2.31. The first-order valence-corrected chi connectivity index (χ1v) is 12.4. The summed E-state index contributed by atoms with van der Waals surface area (Å²) in [4.78, 5) is 19.0. The number of likely N-dealkylation sites (N-methyl/N-ethyl adjacent to an activating group) is 1. The summed E-state index contributed by atoms with van der Waals surface area (Å²) in [6.45, 7) is 7.63. The van der Waals surface area contributed by atoms with Crippen LogP contribution >= 0.6 is 0 Å². The summed E-state index contributed by atoms with van der Waals surface area (Å²) in [5.74, 6) is 0.735. The Morgan fingerprint density at radius 1 is 1.08 bits per heavy atom. The molecule has 1 atom stereocenters. The van der Waals surface area contributed by atoms with Gasteiger partial charge in [0, 0.05) is 57.5 Å². The minimum Gasteiger partial charge on any atom is -0.353 e. The number of benzene rings is 1. The summed E-state index contributed by atoms with van der Waals surface area (Å²) in [5.41, 5.74) is 0.248. The molecule has 0 unspecified atom stereocenters. The van der Waals surface area contributed by atoms with Gasteiger partial charge in [-0.15, -0.1) is 15.3 Å². The van der Waals surface area contributed by atoms with Crippen LogP contribution in [-0.4, -0.2) is 87.5 Å². The number of hydrogen-bond donors (Lipinski definition) is 2. The van der Waals surface area contributed by atoms with Gasteiger partial charge in [0.2, 0.25) is 0 Å². The fourth-order valence-corrected chi connectivity index (χ4v) is 4.89. The number of nitrogens with zero attached hydrogens (tertiary/aromatic N) is 7. The normalized spacial score (nSPS) is 19.5. The topological polar surface area (TPSA) is 93.9 Å².